The summed E-state index contributed by atoms with van der Waals surface area (Å²) in [7, 11) is -3.79. The van der Waals surface area contributed by atoms with Crippen molar-refractivity contribution in [3.05, 3.63) is 54.1 Å². The third-order valence-corrected chi connectivity index (χ3v) is 10.5. The zero-order valence-corrected chi connectivity index (χ0v) is 22.7. The molecule has 5 rings (SSSR count). The number of fused-ring (bicyclic) bond motifs is 1. The Morgan fingerprint density at radius 2 is 1.76 bits per heavy atom. The number of hydrogen-bond acceptors (Lipinski definition) is 7. The lowest BCUT2D eigenvalue weighted by atomic mass is 9.95. The zero-order chi connectivity index (χ0) is 27.3. The molecule has 3 heterocycles. The van der Waals surface area contributed by atoms with Crippen LogP contribution in [0.4, 0.5) is 18.9 Å². The lowest BCUT2D eigenvalue weighted by molar-refractivity contribution is -0.258. The van der Waals surface area contributed by atoms with E-state index in [9.17, 15) is 26.7 Å². The van der Waals surface area contributed by atoms with Crippen LogP contribution in [0.5, 0.6) is 0 Å². The van der Waals surface area contributed by atoms with Crippen molar-refractivity contribution < 1.29 is 31.4 Å². The van der Waals surface area contributed by atoms with Gasteiger partial charge in [0.05, 0.1) is 17.0 Å². The van der Waals surface area contributed by atoms with E-state index >= 15 is 0 Å². The van der Waals surface area contributed by atoms with E-state index in [2.05, 4.69) is 22.4 Å². The average molecular weight is 572 g/mol. The Morgan fingerprint density at radius 3 is 2.42 bits per heavy atom. The number of benzene rings is 2. The summed E-state index contributed by atoms with van der Waals surface area (Å²) < 4.78 is 74.4. The van der Waals surface area contributed by atoms with Gasteiger partial charge in [-0.05, 0) is 43.2 Å². The van der Waals surface area contributed by atoms with Crippen molar-refractivity contribution in [2.24, 2.45) is 5.92 Å². The van der Waals surface area contributed by atoms with Gasteiger partial charge in [-0.25, -0.2) is 8.42 Å². The van der Waals surface area contributed by atoms with Gasteiger partial charge in [0.15, 0.2) is 5.60 Å². The first-order valence-electron chi connectivity index (χ1n) is 12.7. The molecule has 3 saturated heterocycles. The molecule has 7 nitrogen and oxygen atoms in total. The highest BCUT2D eigenvalue weighted by Crippen LogP contribution is 2.39. The largest absolute Gasteiger partial charge is 0.421 e. The van der Waals surface area contributed by atoms with Crippen molar-refractivity contribution in [3.8, 4) is 0 Å². The standard InChI is InChI=1S/C26H32F3N3O4S2/c1-25(33,26(27,28)29)19-6-8-20(9-7-19)32-12-11-31(38(34,35)24-5-3-2-4-23(24)37)16-21(32)15-30-14-18-10-13-36-22(18)17-30/h2-9,18,21-22,33,37H,10-17H2,1H3/t18-,21-,22+,25+/m0/s1. The van der Waals surface area contributed by atoms with Crippen LogP contribution in [0.3, 0.4) is 0 Å². The number of alkyl halides is 3. The van der Waals surface area contributed by atoms with Gasteiger partial charge in [0.2, 0.25) is 10.0 Å². The van der Waals surface area contributed by atoms with Gasteiger partial charge in [-0.2, -0.15) is 17.5 Å². The van der Waals surface area contributed by atoms with Crippen LogP contribution in [0.15, 0.2) is 58.3 Å². The smallest absolute Gasteiger partial charge is 0.377 e. The number of rotatable bonds is 6. The number of sulfonamides is 1. The molecule has 0 saturated carbocycles. The van der Waals surface area contributed by atoms with E-state index in [1.54, 1.807) is 36.4 Å². The Balaban J connectivity index is 1.40. The quantitative estimate of drug-likeness (QED) is 0.519. The summed E-state index contributed by atoms with van der Waals surface area (Å²) in [5.41, 5.74) is -2.54. The van der Waals surface area contributed by atoms with Gasteiger partial charge >= 0.3 is 6.18 Å². The highest BCUT2D eigenvalue weighted by atomic mass is 32.2. The van der Waals surface area contributed by atoms with Crippen molar-refractivity contribution in [1.82, 2.24) is 9.21 Å². The van der Waals surface area contributed by atoms with Gasteiger partial charge in [0, 0.05) is 62.4 Å². The number of hydrogen-bond donors (Lipinski definition) is 2. The first-order valence-corrected chi connectivity index (χ1v) is 14.5. The van der Waals surface area contributed by atoms with E-state index in [-0.39, 0.29) is 35.7 Å². The zero-order valence-electron chi connectivity index (χ0n) is 21.0. The summed E-state index contributed by atoms with van der Waals surface area (Å²) in [4.78, 5) is 4.87. The minimum atomic E-state index is -4.81. The second-order valence-corrected chi connectivity index (χ2v) is 12.9. The third kappa shape index (κ3) is 5.18. The first kappa shape index (κ1) is 27.7. The molecule has 3 aliphatic rings. The van der Waals surface area contributed by atoms with Gasteiger partial charge in [-0.1, -0.05) is 24.3 Å². The van der Waals surface area contributed by atoms with E-state index in [0.29, 0.717) is 29.6 Å². The Labute approximate surface area is 226 Å². The summed E-state index contributed by atoms with van der Waals surface area (Å²) in [6, 6.07) is 12.1. The third-order valence-electron chi connectivity index (χ3n) is 7.99. The predicted molar refractivity (Wildman–Crippen MR) is 140 cm³/mol. The van der Waals surface area contributed by atoms with Gasteiger partial charge in [-0.3, -0.25) is 4.90 Å². The molecule has 0 bridgehead atoms. The minimum absolute atomic E-state index is 0.151. The lowest BCUT2D eigenvalue weighted by Crippen LogP contribution is -2.58. The first-order chi connectivity index (χ1) is 17.9. The van der Waals surface area contributed by atoms with Crippen LogP contribution in [0, 0.1) is 5.92 Å². The normalized spacial score (nSPS) is 26.9. The van der Waals surface area contributed by atoms with Gasteiger partial charge in [0.1, 0.15) is 0 Å². The van der Waals surface area contributed by atoms with Crippen LogP contribution in [0.2, 0.25) is 0 Å². The van der Waals surface area contributed by atoms with E-state index in [0.717, 1.165) is 33.0 Å². The topological polar surface area (TPSA) is 73.3 Å². The number of thiol groups is 1. The van der Waals surface area contributed by atoms with Crippen LogP contribution in [0.25, 0.3) is 0 Å². The molecule has 38 heavy (non-hydrogen) atoms. The molecule has 0 aromatic heterocycles. The van der Waals surface area contributed by atoms with Crippen molar-refractivity contribution in [1.29, 1.82) is 0 Å². The molecular formula is C26H32F3N3O4S2. The highest BCUT2D eigenvalue weighted by Gasteiger charge is 2.51. The molecule has 208 valence electrons. The fraction of sp³-hybridized carbons (Fsp3) is 0.538. The second kappa shape index (κ2) is 10.3. The van der Waals surface area contributed by atoms with Crippen molar-refractivity contribution >= 4 is 28.3 Å². The Kier molecular flexibility index (Phi) is 7.51. The number of piperazine rings is 1. The molecule has 2 aromatic rings. The molecule has 3 fully saturated rings. The number of halogens is 3. The fourth-order valence-corrected chi connectivity index (χ4v) is 7.77. The average Bonchev–Trinajstić information content (AvgIpc) is 3.45. The van der Waals surface area contributed by atoms with Gasteiger partial charge in [-0.15, -0.1) is 12.6 Å². The molecule has 0 amide bonds. The van der Waals surface area contributed by atoms with E-state index < -0.39 is 21.8 Å². The number of aliphatic hydroxyl groups is 1. The highest BCUT2D eigenvalue weighted by molar-refractivity contribution is 7.90. The van der Waals surface area contributed by atoms with Crippen LogP contribution >= 0.6 is 12.6 Å². The predicted octanol–water partition coefficient (Wildman–Crippen LogP) is 3.35. The fourth-order valence-electron chi connectivity index (χ4n) is 5.71. The van der Waals surface area contributed by atoms with E-state index in [1.165, 1.54) is 16.4 Å². The molecule has 3 aliphatic heterocycles. The molecule has 1 N–H and O–H groups in total. The molecule has 0 spiro atoms. The summed E-state index contributed by atoms with van der Waals surface area (Å²) in [5.74, 6) is 0.465. The van der Waals surface area contributed by atoms with Crippen LogP contribution in [-0.4, -0.2) is 86.9 Å². The number of ether oxygens (including phenoxy) is 1. The summed E-state index contributed by atoms with van der Waals surface area (Å²) in [5, 5.41) is 10.1. The lowest BCUT2D eigenvalue weighted by Gasteiger charge is -2.43. The minimum Gasteiger partial charge on any atom is -0.377 e. The monoisotopic (exact) mass is 571 g/mol. The molecule has 4 atom stereocenters. The van der Waals surface area contributed by atoms with E-state index in [4.69, 9.17) is 4.74 Å². The maximum Gasteiger partial charge on any atom is 0.421 e. The number of nitrogens with zero attached hydrogens (tertiary/aromatic N) is 3. The second-order valence-electron chi connectivity index (χ2n) is 10.5. The number of anilines is 1. The van der Waals surface area contributed by atoms with Crippen molar-refractivity contribution in [2.45, 2.75) is 47.1 Å². The summed E-state index contributed by atoms with van der Waals surface area (Å²) in [6.45, 7) is 4.54. The van der Waals surface area contributed by atoms with Crippen molar-refractivity contribution in [3.63, 3.8) is 0 Å². The molecule has 0 radical (unpaired) electrons. The number of likely N-dealkylation sites (tertiary alicyclic amines) is 1. The summed E-state index contributed by atoms with van der Waals surface area (Å²) in [6.07, 6.45) is -3.61. The van der Waals surface area contributed by atoms with E-state index in [1.807, 2.05) is 0 Å². The Bertz CT molecular complexity index is 1250. The summed E-state index contributed by atoms with van der Waals surface area (Å²) >= 11 is 4.35. The molecule has 0 unspecified atom stereocenters. The SMILES string of the molecule is C[C@@](O)(c1ccc(N2CCN(S(=O)(=O)c3ccccc3S)C[C@@H]2CN2C[C@@H]3CCO[C@@H]3C2)cc1)C(F)(F)F. The Morgan fingerprint density at radius 1 is 1.05 bits per heavy atom. The van der Waals surface area contributed by atoms with Crippen LogP contribution in [-0.2, 0) is 20.4 Å². The van der Waals surface area contributed by atoms with Gasteiger partial charge < -0.3 is 14.7 Å². The molecule has 2 aromatic carbocycles. The molecular weight excluding hydrogens is 539 g/mol. The Hall–Kier alpha value is -1.83. The maximum absolute atomic E-state index is 13.5. The van der Waals surface area contributed by atoms with Crippen molar-refractivity contribution in [2.75, 3.05) is 50.8 Å². The van der Waals surface area contributed by atoms with Crippen LogP contribution in [0.1, 0.15) is 18.9 Å². The maximum atomic E-state index is 13.5. The van der Waals surface area contributed by atoms with Gasteiger partial charge in [0.25, 0.3) is 0 Å². The molecule has 12 heteroatoms. The van der Waals surface area contributed by atoms with Crippen LogP contribution < -0.4 is 4.90 Å². The molecule has 0 aliphatic carbocycles.